The van der Waals surface area contributed by atoms with E-state index in [2.05, 4.69) is 27.8 Å². The van der Waals surface area contributed by atoms with Gasteiger partial charge in [-0.05, 0) is 25.0 Å². The van der Waals surface area contributed by atoms with E-state index in [0.717, 1.165) is 24.0 Å². The smallest absolute Gasteiger partial charge is 0.333 e. The Hall–Kier alpha value is -4.04. The van der Waals surface area contributed by atoms with Crippen LogP contribution in [0.25, 0.3) is 0 Å². The predicted molar refractivity (Wildman–Crippen MR) is 122 cm³/mol. The van der Waals surface area contributed by atoms with Gasteiger partial charge in [-0.1, -0.05) is 5.92 Å². The maximum absolute atomic E-state index is 13.4. The summed E-state index contributed by atoms with van der Waals surface area (Å²) in [4.78, 5) is 43.3. The molecule has 0 spiro atoms. The minimum absolute atomic E-state index is 0.00917. The van der Waals surface area contributed by atoms with Crippen LogP contribution in [0.2, 0.25) is 0 Å². The lowest BCUT2D eigenvalue weighted by Gasteiger charge is -2.37. The van der Waals surface area contributed by atoms with Crippen LogP contribution in [0, 0.1) is 23.4 Å². The van der Waals surface area contributed by atoms with Crippen LogP contribution >= 0.6 is 0 Å². The highest BCUT2D eigenvalue weighted by Crippen LogP contribution is 2.32. The van der Waals surface area contributed by atoms with Crippen LogP contribution in [0.15, 0.2) is 27.9 Å². The van der Waals surface area contributed by atoms with E-state index in [9.17, 15) is 9.59 Å². The van der Waals surface area contributed by atoms with E-state index in [1.807, 2.05) is 11.0 Å². The number of fused-ring (bicyclic) bond motifs is 1. The molecule has 1 saturated heterocycles. The maximum Gasteiger partial charge on any atom is 0.333 e. The normalized spacial score (nSPS) is 19.4. The Morgan fingerprint density at radius 2 is 2.24 bits per heavy atom. The van der Waals surface area contributed by atoms with Gasteiger partial charge in [0.15, 0.2) is 12.0 Å². The van der Waals surface area contributed by atoms with Gasteiger partial charge in [0.05, 0.1) is 0 Å². The van der Waals surface area contributed by atoms with Gasteiger partial charge in [0.2, 0.25) is 0 Å². The lowest BCUT2D eigenvalue weighted by molar-refractivity contribution is 0.0923. The molecule has 0 saturated carbocycles. The third-order valence-corrected chi connectivity index (χ3v) is 5.60. The number of rotatable bonds is 6. The molecule has 2 atom stereocenters. The minimum atomic E-state index is -0.607. The molecule has 0 amide bonds. The van der Waals surface area contributed by atoms with Crippen molar-refractivity contribution in [3.05, 3.63) is 44.7 Å². The van der Waals surface area contributed by atoms with Crippen molar-refractivity contribution in [2.75, 3.05) is 23.5 Å². The molecule has 34 heavy (non-hydrogen) atoms. The standard InChI is InChI=1S/C21H25N9O4/c1-3-10-33-30-16-17(26-20(30)28-9-5-7-15(23)12-28)27(2)21(32)29(19(16)31)13-25-34-18-14(11-22)6-4-8-24-18/h4,6,8,15,20,25-26H,5,7,9,12-13,23H2,1-2H3. The first-order valence-corrected chi connectivity index (χ1v) is 10.7. The first-order chi connectivity index (χ1) is 16.5. The van der Waals surface area contributed by atoms with Crippen molar-refractivity contribution in [2.45, 2.75) is 38.8 Å². The molecule has 0 aromatic carbocycles. The summed E-state index contributed by atoms with van der Waals surface area (Å²) in [5, 5.41) is 13.7. The molecule has 178 valence electrons. The summed E-state index contributed by atoms with van der Waals surface area (Å²) >= 11 is 0. The maximum atomic E-state index is 13.4. The molecule has 13 nitrogen and oxygen atoms in total. The van der Waals surface area contributed by atoms with Gasteiger partial charge in [0.25, 0.3) is 11.4 Å². The van der Waals surface area contributed by atoms with Gasteiger partial charge >= 0.3 is 5.69 Å². The monoisotopic (exact) mass is 467 g/mol. The fraction of sp³-hybridized carbons (Fsp3) is 0.429. The molecule has 1 fully saturated rings. The molecule has 0 bridgehead atoms. The number of piperidine rings is 1. The van der Waals surface area contributed by atoms with Crippen LogP contribution in [0.1, 0.15) is 25.3 Å². The van der Waals surface area contributed by atoms with Crippen LogP contribution in [-0.4, -0.2) is 44.4 Å². The largest absolute Gasteiger partial charge is 0.385 e. The Balaban J connectivity index is 1.65. The highest BCUT2D eigenvalue weighted by molar-refractivity contribution is 5.70. The highest BCUT2D eigenvalue weighted by atomic mass is 16.7. The van der Waals surface area contributed by atoms with Crippen molar-refractivity contribution in [3.63, 3.8) is 0 Å². The minimum Gasteiger partial charge on any atom is -0.385 e. The van der Waals surface area contributed by atoms with Crippen molar-refractivity contribution in [1.82, 2.24) is 24.5 Å². The van der Waals surface area contributed by atoms with Gasteiger partial charge < -0.3 is 20.7 Å². The van der Waals surface area contributed by atoms with Crippen molar-refractivity contribution >= 4 is 11.5 Å². The van der Waals surface area contributed by atoms with E-state index in [0.29, 0.717) is 12.4 Å². The van der Waals surface area contributed by atoms with Crippen LogP contribution in [0.5, 0.6) is 5.88 Å². The van der Waals surface area contributed by atoms with E-state index in [1.165, 1.54) is 21.9 Å². The summed E-state index contributed by atoms with van der Waals surface area (Å²) in [5.74, 6) is 2.99. The SMILES string of the molecule is CC#CON1c2c(n(C)c(=O)n(CNOc3ncccc3C#N)c2=O)NC1N1CCCC(N)C1. The molecule has 2 aliphatic heterocycles. The molecule has 4 N–H and O–H groups in total. The van der Waals surface area contributed by atoms with Crippen LogP contribution < -0.4 is 37.7 Å². The van der Waals surface area contributed by atoms with Crippen LogP contribution in [0.3, 0.4) is 0 Å². The van der Waals surface area contributed by atoms with E-state index in [4.69, 9.17) is 20.7 Å². The predicted octanol–water partition coefficient (Wildman–Crippen LogP) is -0.794. The zero-order valence-electron chi connectivity index (χ0n) is 18.8. The summed E-state index contributed by atoms with van der Waals surface area (Å²) in [6.45, 7) is 2.64. The molecule has 4 rings (SSSR count). The Bertz CT molecular complexity index is 1290. The molecule has 2 aliphatic rings. The Labute approximate surface area is 195 Å². The topological polar surface area (TPSA) is 156 Å². The number of hydroxylamine groups is 2. The summed E-state index contributed by atoms with van der Waals surface area (Å²) in [5.41, 5.74) is 7.83. The number of hydrogen-bond acceptors (Lipinski definition) is 11. The number of nitrogens with zero attached hydrogens (tertiary/aromatic N) is 6. The summed E-state index contributed by atoms with van der Waals surface area (Å²) in [7, 11) is 1.55. The number of likely N-dealkylation sites (tertiary alicyclic amines) is 1. The number of nitrogens with one attached hydrogen (secondary N) is 2. The molecular formula is C21H25N9O4. The lowest BCUT2D eigenvalue weighted by atomic mass is 10.1. The van der Waals surface area contributed by atoms with Gasteiger partial charge in [-0.25, -0.2) is 14.3 Å². The molecule has 0 aliphatic carbocycles. The zero-order valence-corrected chi connectivity index (χ0v) is 18.8. The molecule has 13 heteroatoms. The molecular weight excluding hydrogens is 442 g/mol. The summed E-state index contributed by atoms with van der Waals surface area (Å²) < 4.78 is 2.27. The number of pyridine rings is 1. The number of anilines is 2. The highest BCUT2D eigenvalue weighted by Gasteiger charge is 2.41. The van der Waals surface area contributed by atoms with Gasteiger partial charge in [0, 0.05) is 39.3 Å². The van der Waals surface area contributed by atoms with Gasteiger partial charge in [-0.3, -0.25) is 14.3 Å². The molecule has 2 aromatic heterocycles. The quantitative estimate of drug-likeness (QED) is 0.361. The first-order valence-electron chi connectivity index (χ1n) is 10.7. The molecule has 0 radical (unpaired) electrons. The summed E-state index contributed by atoms with van der Waals surface area (Å²) in [6.07, 6.45) is 5.23. The number of hydrogen-bond donors (Lipinski definition) is 3. The second kappa shape index (κ2) is 9.84. The zero-order chi connectivity index (χ0) is 24.2. The van der Waals surface area contributed by atoms with Crippen LogP contribution in [-0.2, 0) is 18.6 Å². The average molecular weight is 467 g/mol. The summed E-state index contributed by atoms with van der Waals surface area (Å²) in [6, 6.07) is 5.08. The Morgan fingerprint density at radius 3 is 2.97 bits per heavy atom. The fourth-order valence-electron chi connectivity index (χ4n) is 3.97. The average Bonchev–Trinajstić information content (AvgIpc) is 3.23. The number of aromatic nitrogens is 3. The van der Waals surface area contributed by atoms with E-state index in [-0.39, 0.29) is 29.8 Å². The van der Waals surface area contributed by atoms with Crippen molar-refractivity contribution in [2.24, 2.45) is 12.8 Å². The van der Waals surface area contributed by atoms with Crippen molar-refractivity contribution in [1.29, 1.82) is 5.26 Å². The van der Waals surface area contributed by atoms with Gasteiger partial charge in [-0.15, -0.1) is 5.48 Å². The van der Waals surface area contributed by atoms with Crippen molar-refractivity contribution in [3.8, 4) is 24.0 Å². The number of nitriles is 1. The molecule has 4 heterocycles. The molecule has 2 aromatic rings. The lowest BCUT2D eigenvalue weighted by Crippen LogP contribution is -2.56. The van der Waals surface area contributed by atoms with Crippen LogP contribution in [0.4, 0.5) is 11.5 Å². The number of nitrogens with two attached hydrogens (primary N) is 1. The molecule has 2 unspecified atom stereocenters. The Morgan fingerprint density at radius 1 is 1.41 bits per heavy atom. The van der Waals surface area contributed by atoms with Gasteiger partial charge in [-0.2, -0.15) is 10.3 Å². The van der Waals surface area contributed by atoms with Gasteiger partial charge in [0.1, 0.15) is 30.2 Å². The van der Waals surface area contributed by atoms with E-state index in [1.54, 1.807) is 20.0 Å². The third-order valence-electron chi connectivity index (χ3n) is 5.60. The Kier molecular flexibility index (Phi) is 6.70. The third kappa shape index (κ3) is 4.27. The van der Waals surface area contributed by atoms with Crippen molar-refractivity contribution < 1.29 is 9.68 Å². The van der Waals surface area contributed by atoms with E-state index < -0.39 is 17.5 Å². The van der Waals surface area contributed by atoms with E-state index >= 15 is 0 Å². The second-order valence-electron chi connectivity index (χ2n) is 7.83. The first kappa shape index (κ1) is 23.1. The fourth-order valence-corrected chi connectivity index (χ4v) is 3.97. The second-order valence-corrected chi connectivity index (χ2v) is 7.83.